The van der Waals surface area contributed by atoms with Crippen LogP contribution >= 0.6 is 0 Å². The molecule has 0 amide bonds. The molecule has 0 saturated carbocycles. The molecule has 0 unspecified atom stereocenters. The van der Waals surface area contributed by atoms with Crippen LogP contribution in [0.3, 0.4) is 0 Å². The van der Waals surface area contributed by atoms with Crippen LogP contribution in [0.5, 0.6) is 5.75 Å². The first-order valence-corrected chi connectivity index (χ1v) is 9.69. The average Bonchev–Trinajstić information content (AvgIpc) is 2.94. The average molecular weight is 383 g/mol. The summed E-state index contributed by atoms with van der Waals surface area (Å²) in [5, 5.41) is 14.0. The maximum atomic E-state index is 12.0. The van der Waals surface area contributed by atoms with E-state index < -0.39 is 6.10 Å². The van der Waals surface area contributed by atoms with E-state index in [0.29, 0.717) is 6.04 Å². The van der Waals surface area contributed by atoms with Crippen LogP contribution < -0.4 is 15.7 Å². The molecule has 2 aromatic carbocycles. The first kappa shape index (κ1) is 20.2. The van der Waals surface area contributed by atoms with Crippen molar-refractivity contribution in [2.24, 2.45) is 14.1 Å². The summed E-state index contributed by atoms with van der Waals surface area (Å²) in [5.74, 6) is 0.722. The number of nitrogens with one attached hydrogen (secondary N) is 1. The molecule has 0 saturated heterocycles. The number of benzene rings is 2. The molecule has 0 aliphatic rings. The first-order chi connectivity index (χ1) is 13.4. The first-order valence-electron chi connectivity index (χ1n) is 9.69. The molecule has 0 aliphatic carbocycles. The number of imidazole rings is 1. The zero-order chi connectivity index (χ0) is 20.3. The van der Waals surface area contributed by atoms with Gasteiger partial charge < -0.3 is 15.2 Å². The number of ether oxygens (including phenoxy) is 1. The molecule has 150 valence electrons. The molecule has 6 nitrogen and oxygen atoms in total. The second-order valence-corrected chi connectivity index (χ2v) is 7.31. The van der Waals surface area contributed by atoms with Gasteiger partial charge in [-0.2, -0.15) is 0 Å². The van der Waals surface area contributed by atoms with Gasteiger partial charge in [0.05, 0.1) is 11.0 Å². The van der Waals surface area contributed by atoms with Gasteiger partial charge in [-0.05, 0) is 48.7 Å². The Morgan fingerprint density at radius 3 is 2.43 bits per heavy atom. The highest BCUT2D eigenvalue weighted by molar-refractivity contribution is 5.76. The van der Waals surface area contributed by atoms with E-state index in [9.17, 15) is 9.90 Å². The third kappa shape index (κ3) is 4.29. The van der Waals surface area contributed by atoms with Crippen molar-refractivity contribution in [3.63, 3.8) is 0 Å². The Bertz CT molecular complexity index is 989. The van der Waals surface area contributed by atoms with E-state index in [1.165, 1.54) is 5.56 Å². The van der Waals surface area contributed by atoms with Gasteiger partial charge in [-0.3, -0.25) is 9.13 Å². The van der Waals surface area contributed by atoms with Crippen molar-refractivity contribution in [3.05, 3.63) is 64.1 Å². The minimum Gasteiger partial charge on any atom is -0.491 e. The summed E-state index contributed by atoms with van der Waals surface area (Å²) >= 11 is 0. The third-order valence-corrected chi connectivity index (χ3v) is 5.28. The number of aliphatic hydroxyl groups is 1. The molecule has 0 fully saturated rings. The Morgan fingerprint density at radius 1 is 1.07 bits per heavy atom. The number of fused-ring (bicyclic) bond motifs is 1. The lowest BCUT2D eigenvalue weighted by molar-refractivity contribution is 0.108. The molecule has 3 aromatic rings. The van der Waals surface area contributed by atoms with E-state index in [2.05, 4.69) is 19.2 Å². The minimum absolute atomic E-state index is 0.0826. The molecule has 2 atom stereocenters. The van der Waals surface area contributed by atoms with Gasteiger partial charge in [-0.25, -0.2) is 4.79 Å². The zero-order valence-corrected chi connectivity index (χ0v) is 17.0. The molecule has 0 spiro atoms. The SMILES string of the molecule is CC[C@@H](C)NCc1ccc(OC[C@@H](O)c2ccc3c(c2)n(C)c(=O)n3C)cc1. The Kier molecular flexibility index (Phi) is 6.21. The fourth-order valence-electron chi connectivity index (χ4n) is 3.14. The van der Waals surface area contributed by atoms with E-state index in [1.807, 2.05) is 42.5 Å². The largest absolute Gasteiger partial charge is 0.491 e. The molecular formula is C22H29N3O3. The van der Waals surface area contributed by atoms with E-state index >= 15 is 0 Å². The molecule has 1 aromatic heterocycles. The van der Waals surface area contributed by atoms with E-state index in [0.717, 1.165) is 35.3 Å². The van der Waals surface area contributed by atoms with Crippen LogP contribution in [0.25, 0.3) is 11.0 Å². The fourth-order valence-corrected chi connectivity index (χ4v) is 3.14. The van der Waals surface area contributed by atoms with Gasteiger partial charge in [0.1, 0.15) is 18.5 Å². The molecule has 2 N–H and O–H groups in total. The Morgan fingerprint density at radius 2 is 1.75 bits per heavy atom. The van der Waals surface area contributed by atoms with Crippen LogP contribution in [0.4, 0.5) is 0 Å². The van der Waals surface area contributed by atoms with Gasteiger partial charge >= 0.3 is 5.69 Å². The summed E-state index contributed by atoms with van der Waals surface area (Å²) in [6.07, 6.45) is 0.327. The topological polar surface area (TPSA) is 68.4 Å². The molecule has 6 heteroatoms. The van der Waals surface area contributed by atoms with E-state index in [1.54, 1.807) is 23.2 Å². The maximum absolute atomic E-state index is 12.0. The Balaban J connectivity index is 1.62. The van der Waals surface area contributed by atoms with Gasteiger partial charge in [-0.15, -0.1) is 0 Å². The lowest BCUT2D eigenvalue weighted by atomic mass is 10.1. The smallest absolute Gasteiger partial charge is 0.328 e. The number of hydrogen-bond acceptors (Lipinski definition) is 4. The number of aryl methyl sites for hydroxylation is 2. The van der Waals surface area contributed by atoms with Crippen LogP contribution in [0.1, 0.15) is 37.5 Å². The summed E-state index contributed by atoms with van der Waals surface area (Å²) in [5.41, 5.74) is 3.47. The molecule has 0 bridgehead atoms. The summed E-state index contributed by atoms with van der Waals surface area (Å²) in [7, 11) is 3.47. The standard InChI is InChI=1S/C22H29N3O3/c1-5-15(2)23-13-16-6-9-18(10-7-16)28-14-21(26)17-8-11-19-20(12-17)25(4)22(27)24(19)3/h6-12,15,21,23,26H,5,13-14H2,1-4H3/t15-,21-/m1/s1. The Hall–Kier alpha value is -2.57. The van der Waals surface area contributed by atoms with Crippen molar-refractivity contribution >= 4 is 11.0 Å². The van der Waals surface area contributed by atoms with Crippen molar-refractivity contribution < 1.29 is 9.84 Å². The summed E-state index contributed by atoms with van der Waals surface area (Å²) < 4.78 is 8.93. The highest BCUT2D eigenvalue weighted by atomic mass is 16.5. The van der Waals surface area contributed by atoms with Gasteiger partial charge in [0.2, 0.25) is 0 Å². The summed E-state index contributed by atoms with van der Waals surface area (Å²) in [6, 6.07) is 13.9. The molecule has 1 heterocycles. The second-order valence-electron chi connectivity index (χ2n) is 7.31. The molecule has 0 aliphatic heterocycles. The molecule has 0 radical (unpaired) electrons. The number of hydrogen-bond donors (Lipinski definition) is 2. The summed E-state index contributed by atoms with van der Waals surface area (Å²) in [6.45, 7) is 5.31. The number of aromatic nitrogens is 2. The van der Waals surface area contributed by atoms with Gasteiger partial charge in [0.25, 0.3) is 0 Å². The van der Waals surface area contributed by atoms with Crippen molar-refractivity contribution in [2.75, 3.05) is 6.61 Å². The normalized spacial score (nSPS) is 13.6. The lowest BCUT2D eigenvalue weighted by Gasteiger charge is -2.14. The van der Waals surface area contributed by atoms with E-state index in [4.69, 9.17) is 4.74 Å². The monoisotopic (exact) mass is 383 g/mol. The summed E-state index contributed by atoms with van der Waals surface area (Å²) in [4.78, 5) is 12.0. The van der Waals surface area contributed by atoms with Crippen LogP contribution in [0.15, 0.2) is 47.3 Å². The van der Waals surface area contributed by atoms with Crippen LogP contribution in [-0.4, -0.2) is 26.9 Å². The predicted octanol–water partition coefficient (Wildman–Crippen LogP) is 2.88. The van der Waals surface area contributed by atoms with Gasteiger partial charge in [0.15, 0.2) is 0 Å². The Labute approximate surface area is 165 Å². The van der Waals surface area contributed by atoms with Crippen molar-refractivity contribution in [1.29, 1.82) is 0 Å². The molecule has 28 heavy (non-hydrogen) atoms. The van der Waals surface area contributed by atoms with Gasteiger partial charge in [0, 0.05) is 26.7 Å². The van der Waals surface area contributed by atoms with E-state index in [-0.39, 0.29) is 12.3 Å². The lowest BCUT2D eigenvalue weighted by Crippen LogP contribution is -2.24. The number of aliphatic hydroxyl groups excluding tert-OH is 1. The van der Waals surface area contributed by atoms with Crippen LogP contribution in [0.2, 0.25) is 0 Å². The molecular weight excluding hydrogens is 354 g/mol. The second kappa shape index (κ2) is 8.63. The molecule has 3 rings (SSSR count). The predicted molar refractivity (Wildman–Crippen MR) is 112 cm³/mol. The van der Waals surface area contributed by atoms with Crippen molar-refractivity contribution in [3.8, 4) is 5.75 Å². The van der Waals surface area contributed by atoms with Crippen LogP contribution in [-0.2, 0) is 20.6 Å². The zero-order valence-electron chi connectivity index (χ0n) is 17.0. The van der Waals surface area contributed by atoms with Crippen molar-refractivity contribution in [2.45, 2.75) is 39.0 Å². The third-order valence-electron chi connectivity index (χ3n) is 5.28. The number of nitrogens with zero attached hydrogens (tertiary/aromatic N) is 2. The van der Waals surface area contributed by atoms with Crippen LogP contribution in [0, 0.1) is 0 Å². The quantitative estimate of drug-likeness (QED) is 0.628. The maximum Gasteiger partial charge on any atom is 0.328 e. The highest BCUT2D eigenvalue weighted by Crippen LogP contribution is 2.21. The fraction of sp³-hybridized carbons (Fsp3) is 0.409. The van der Waals surface area contributed by atoms with Crippen molar-refractivity contribution in [1.82, 2.24) is 14.5 Å². The minimum atomic E-state index is -0.772. The highest BCUT2D eigenvalue weighted by Gasteiger charge is 2.13. The number of rotatable bonds is 8. The van der Waals surface area contributed by atoms with Gasteiger partial charge in [-0.1, -0.05) is 25.1 Å².